The monoisotopic (exact) mass is 230 g/mol. The van der Waals surface area contributed by atoms with Crippen molar-refractivity contribution in [1.29, 1.82) is 0 Å². The molecular formula is C11H12ClFO2. The molecule has 0 bridgehead atoms. The molecule has 0 aliphatic carbocycles. The summed E-state index contributed by atoms with van der Waals surface area (Å²) in [4.78, 5) is 0. The Balaban J connectivity index is 2.05. The van der Waals surface area contributed by atoms with Gasteiger partial charge in [0.15, 0.2) is 0 Å². The minimum Gasteiger partial charge on any atom is -0.376 e. The molecule has 1 aromatic rings. The molecule has 0 amide bonds. The number of hydrogen-bond donors (Lipinski definition) is 0. The highest BCUT2D eigenvalue weighted by Crippen LogP contribution is 2.27. The molecule has 2 atom stereocenters. The van der Waals surface area contributed by atoms with E-state index >= 15 is 0 Å². The van der Waals surface area contributed by atoms with Gasteiger partial charge in [-0.25, -0.2) is 4.39 Å². The highest BCUT2D eigenvalue weighted by atomic mass is 35.5. The highest BCUT2D eigenvalue weighted by Gasteiger charge is 2.24. The van der Waals surface area contributed by atoms with E-state index in [1.807, 2.05) is 0 Å². The van der Waals surface area contributed by atoms with Crippen molar-refractivity contribution >= 4 is 11.6 Å². The van der Waals surface area contributed by atoms with E-state index in [1.54, 1.807) is 12.1 Å². The van der Waals surface area contributed by atoms with Crippen LogP contribution in [0.15, 0.2) is 24.3 Å². The van der Waals surface area contributed by atoms with Gasteiger partial charge in [0, 0.05) is 0 Å². The summed E-state index contributed by atoms with van der Waals surface area (Å²) in [6, 6.07) is 6.14. The second kappa shape index (κ2) is 4.92. The Labute approximate surface area is 92.9 Å². The van der Waals surface area contributed by atoms with Crippen molar-refractivity contribution in [3.8, 4) is 0 Å². The molecule has 15 heavy (non-hydrogen) atoms. The molecule has 2 nitrogen and oxygen atoms in total. The van der Waals surface area contributed by atoms with Crippen LogP contribution < -0.4 is 0 Å². The summed E-state index contributed by atoms with van der Waals surface area (Å²) >= 11 is 6.21. The molecule has 1 heterocycles. The molecule has 4 heteroatoms. The fourth-order valence-electron chi connectivity index (χ4n) is 1.54. The first-order chi connectivity index (χ1) is 7.27. The quantitative estimate of drug-likeness (QED) is 0.727. The number of hydrogen-bond acceptors (Lipinski definition) is 2. The predicted octanol–water partition coefficient (Wildman–Crippen LogP) is 2.52. The summed E-state index contributed by atoms with van der Waals surface area (Å²) in [6.07, 6.45) is -0.147. The summed E-state index contributed by atoms with van der Waals surface area (Å²) in [7, 11) is 0. The number of alkyl halides is 1. The summed E-state index contributed by atoms with van der Waals surface area (Å²) < 4.78 is 23.4. The first kappa shape index (κ1) is 10.9. The van der Waals surface area contributed by atoms with Crippen LogP contribution in [0.2, 0.25) is 0 Å². The molecule has 0 radical (unpaired) electrons. The molecule has 1 aliphatic rings. The van der Waals surface area contributed by atoms with Gasteiger partial charge in [-0.15, -0.1) is 11.6 Å². The van der Waals surface area contributed by atoms with E-state index in [9.17, 15) is 4.39 Å². The van der Waals surface area contributed by atoms with E-state index in [4.69, 9.17) is 21.1 Å². The maximum Gasteiger partial charge on any atom is 0.123 e. The van der Waals surface area contributed by atoms with E-state index in [-0.39, 0.29) is 17.3 Å². The molecular weight excluding hydrogens is 219 g/mol. The number of rotatable bonds is 2. The van der Waals surface area contributed by atoms with Crippen molar-refractivity contribution < 1.29 is 13.9 Å². The molecule has 0 spiro atoms. The summed E-state index contributed by atoms with van der Waals surface area (Å²) in [6.45, 7) is 1.67. The smallest absolute Gasteiger partial charge is 0.123 e. The Bertz CT molecular complexity index is 309. The zero-order valence-corrected chi connectivity index (χ0v) is 8.91. The van der Waals surface area contributed by atoms with Crippen LogP contribution in [0, 0.1) is 5.82 Å². The topological polar surface area (TPSA) is 18.5 Å². The van der Waals surface area contributed by atoms with E-state index in [1.165, 1.54) is 12.1 Å². The average Bonchev–Trinajstić information content (AvgIpc) is 2.30. The van der Waals surface area contributed by atoms with Gasteiger partial charge in [0.25, 0.3) is 0 Å². The van der Waals surface area contributed by atoms with Gasteiger partial charge in [0.05, 0.1) is 25.2 Å². The SMILES string of the molecule is Fc1ccc(C(Cl)C2COCCO2)cc1. The summed E-state index contributed by atoms with van der Waals surface area (Å²) in [5.41, 5.74) is 0.855. The third-order valence-corrected chi connectivity index (χ3v) is 2.89. The summed E-state index contributed by atoms with van der Waals surface area (Å²) in [5.74, 6) is -0.261. The van der Waals surface area contributed by atoms with Gasteiger partial charge < -0.3 is 9.47 Å². The molecule has 1 aromatic carbocycles. The highest BCUT2D eigenvalue weighted by molar-refractivity contribution is 6.21. The number of benzene rings is 1. The average molecular weight is 231 g/mol. The zero-order chi connectivity index (χ0) is 10.7. The van der Waals surface area contributed by atoms with E-state index in [0.29, 0.717) is 19.8 Å². The zero-order valence-electron chi connectivity index (χ0n) is 8.16. The Morgan fingerprint density at radius 2 is 2.00 bits per heavy atom. The van der Waals surface area contributed by atoms with E-state index in [2.05, 4.69) is 0 Å². The molecule has 2 unspecified atom stereocenters. The van der Waals surface area contributed by atoms with Gasteiger partial charge >= 0.3 is 0 Å². The van der Waals surface area contributed by atoms with Gasteiger partial charge in [-0.1, -0.05) is 12.1 Å². The van der Waals surface area contributed by atoms with Crippen molar-refractivity contribution in [3.05, 3.63) is 35.6 Å². The number of halogens is 2. The molecule has 1 saturated heterocycles. The standard InChI is InChI=1S/C11H12ClFO2/c12-11(10-7-14-5-6-15-10)8-1-3-9(13)4-2-8/h1-4,10-11H,5-7H2. The first-order valence-electron chi connectivity index (χ1n) is 4.86. The van der Waals surface area contributed by atoms with Gasteiger partial charge in [-0.05, 0) is 17.7 Å². The van der Waals surface area contributed by atoms with Gasteiger partial charge in [0.1, 0.15) is 11.9 Å². The maximum absolute atomic E-state index is 12.7. The molecule has 0 saturated carbocycles. The van der Waals surface area contributed by atoms with Crippen molar-refractivity contribution in [2.75, 3.05) is 19.8 Å². The lowest BCUT2D eigenvalue weighted by atomic mass is 10.1. The maximum atomic E-state index is 12.7. The van der Waals surface area contributed by atoms with Crippen LogP contribution in [0.3, 0.4) is 0 Å². The lowest BCUT2D eigenvalue weighted by Crippen LogP contribution is -2.31. The Morgan fingerprint density at radius 3 is 2.60 bits per heavy atom. The third-order valence-electron chi connectivity index (χ3n) is 2.36. The predicted molar refractivity (Wildman–Crippen MR) is 55.6 cm³/mol. The fraction of sp³-hybridized carbons (Fsp3) is 0.455. The van der Waals surface area contributed by atoms with E-state index < -0.39 is 0 Å². The molecule has 0 N–H and O–H groups in total. The van der Waals surface area contributed by atoms with Crippen molar-refractivity contribution in [2.24, 2.45) is 0 Å². The van der Waals surface area contributed by atoms with Crippen LogP contribution in [0.5, 0.6) is 0 Å². The van der Waals surface area contributed by atoms with Gasteiger partial charge in [-0.2, -0.15) is 0 Å². The minimum absolute atomic E-state index is 0.147. The van der Waals surface area contributed by atoms with Crippen LogP contribution in [0.1, 0.15) is 10.9 Å². The second-order valence-corrected chi connectivity index (χ2v) is 3.91. The molecule has 1 fully saturated rings. The largest absolute Gasteiger partial charge is 0.376 e. The molecule has 0 aromatic heterocycles. The molecule has 1 aliphatic heterocycles. The summed E-state index contributed by atoms with van der Waals surface area (Å²) in [5, 5.41) is -0.286. The van der Waals surface area contributed by atoms with E-state index in [0.717, 1.165) is 5.56 Å². The normalized spacial score (nSPS) is 23.7. The second-order valence-electron chi connectivity index (χ2n) is 3.44. The van der Waals surface area contributed by atoms with Gasteiger partial charge in [0.2, 0.25) is 0 Å². The fourth-order valence-corrected chi connectivity index (χ4v) is 1.83. The van der Waals surface area contributed by atoms with Crippen molar-refractivity contribution in [3.63, 3.8) is 0 Å². The van der Waals surface area contributed by atoms with Crippen molar-refractivity contribution in [1.82, 2.24) is 0 Å². The van der Waals surface area contributed by atoms with Crippen LogP contribution in [0.4, 0.5) is 4.39 Å². The lowest BCUT2D eigenvalue weighted by Gasteiger charge is -2.26. The molecule has 2 rings (SSSR count). The van der Waals surface area contributed by atoms with Crippen LogP contribution in [-0.2, 0) is 9.47 Å². The lowest BCUT2D eigenvalue weighted by molar-refractivity contribution is -0.0892. The first-order valence-corrected chi connectivity index (χ1v) is 5.30. The Morgan fingerprint density at radius 1 is 1.27 bits per heavy atom. The third kappa shape index (κ3) is 2.68. The van der Waals surface area contributed by atoms with Crippen LogP contribution in [0.25, 0.3) is 0 Å². The Hall–Kier alpha value is -0.640. The van der Waals surface area contributed by atoms with Gasteiger partial charge in [-0.3, -0.25) is 0 Å². The minimum atomic E-state index is -0.286. The number of ether oxygens (including phenoxy) is 2. The Kier molecular flexibility index (Phi) is 3.57. The van der Waals surface area contributed by atoms with Crippen molar-refractivity contribution in [2.45, 2.75) is 11.5 Å². The van der Waals surface area contributed by atoms with Crippen LogP contribution in [-0.4, -0.2) is 25.9 Å². The van der Waals surface area contributed by atoms with Crippen LogP contribution >= 0.6 is 11.6 Å². The molecule has 82 valence electrons.